The number of hydrogen-bond acceptors (Lipinski definition) is 3. The van der Waals surface area contributed by atoms with Gasteiger partial charge < -0.3 is 4.98 Å². The fourth-order valence-corrected chi connectivity index (χ4v) is 1.47. The Bertz CT molecular complexity index is 606. The first-order chi connectivity index (χ1) is 7.83. The predicted molar refractivity (Wildman–Crippen MR) is 60.7 cm³/mol. The molecule has 0 amide bonds. The van der Waals surface area contributed by atoms with Crippen LogP contribution in [-0.2, 0) is 6.54 Å². The number of fused-ring (bicyclic) bond motifs is 1. The predicted octanol–water partition coefficient (Wildman–Crippen LogP) is 2.16. The van der Waals surface area contributed by atoms with Gasteiger partial charge in [-0.25, -0.2) is 0 Å². The summed E-state index contributed by atoms with van der Waals surface area (Å²) in [5.41, 5.74) is 1.96. The zero-order valence-electron chi connectivity index (χ0n) is 8.44. The number of nitriles is 2. The van der Waals surface area contributed by atoms with Crippen LogP contribution in [0.15, 0.2) is 35.5 Å². The van der Waals surface area contributed by atoms with Gasteiger partial charge in [-0.3, -0.25) is 4.99 Å². The van der Waals surface area contributed by atoms with E-state index in [0.29, 0.717) is 6.54 Å². The van der Waals surface area contributed by atoms with Gasteiger partial charge >= 0.3 is 0 Å². The van der Waals surface area contributed by atoms with Crippen molar-refractivity contribution in [1.29, 1.82) is 10.5 Å². The van der Waals surface area contributed by atoms with E-state index in [0.717, 1.165) is 16.5 Å². The molecule has 1 heterocycles. The Labute approximate surface area is 92.5 Å². The smallest absolute Gasteiger partial charge is 0.213 e. The lowest BCUT2D eigenvalue weighted by atomic mass is 10.1. The van der Waals surface area contributed by atoms with Crippen molar-refractivity contribution in [2.24, 2.45) is 4.99 Å². The monoisotopic (exact) mass is 208 g/mol. The van der Waals surface area contributed by atoms with Crippen molar-refractivity contribution in [2.45, 2.75) is 6.54 Å². The molecule has 0 saturated heterocycles. The molecule has 4 heteroatoms. The lowest BCUT2D eigenvalue weighted by molar-refractivity contribution is 1.08. The highest BCUT2D eigenvalue weighted by molar-refractivity contribution is 6.10. The summed E-state index contributed by atoms with van der Waals surface area (Å²) in [5, 5.41) is 18.2. The van der Waals surface area contributed by atoms with E-state index in [9.17, 15) is 0 Å². The second-order valence-corrected chi connectivity index (χ2v) is 3.29. The van der Waals surface area contributed by atoms with Crippen molar-refractivity contribution < 1.29 is 0 Å². The van der Waals surface area contributed by atoms with Crippen molar-refractivity contribution in [3.63, 3.8) is 0 Å². The van der Waals surface area contributed by atoms with Crippen molar-refractivity contribution >= 4 is 16.6 Å². The molecule has 0 aliphatic rings. The van der Waals surface area contributed by atoms with E-state index in [1.165, 1.54) is 0 Å². The lowest BCUT2D eigenvalue weighted by Gasteiger charge is -1.96. The van der Waals surface area contributed by atoms with E-state index >= 15 is 0 Å². The van der Waals surface area contributed by atoms with Crippen LogP contribution in [0.25, 0.3) is 10.9 Å². The average Bonchev–Trinajstić information content (AvgIpc) is 2.77. The highest BCUT2D eigenvalue weighted by Crippen LogP contribution is 2.14. The summed E-state index contributed by atoms with van der Waals surface area (Å²) in [6.45, 7) is 0.359. The van der Waals surface area contributed by atoms with Gasteiger partial charge in [0, 0.05) is 11.7 Å². The van der Waals surface area contributed by atoms with Gasteiger partial charge in [0.05, 0.1) is 6.54 Å². The molecule has 0 saturated carbocycles. The van der Waals surface area contributed by atoms with Crippen LogP contribution < -0.4 is 0 Å². The topological polar surface area (TPSA) is 75.7 Å². The van der Waals surface area contributed by atoms with Crippen LogP contribution in [-0.4, -0.2) is 10.7 Å². The van der Waals surface area contributed by atoms with E-state index in [1.54, 1.807) is 12.1 Å². The van der Waals surface area contributed by atoms with E-state index in [1.807, 2.05) is 30.5 Å². The third-order valence-corrected chi connectivity index (χ3v) is 2.25. The molecule has 1 aromatic carbocycles. The summed E-state index contributed by atoms with van der Waals surface area (Å²) >= 11 is 0. The maximum Gasteiger partial charge on any atom is 0.213 e. The van der Waals surface area contributed by atoms with Gasteiger partial charge in [0.25, 0.3) is 0 Å². The van der Waals surface area contributed by atoms with Crippen LogP contribution in [0.5, 0.6) is 0 Å². The van der Waals surface area contributed by atoms with Crippen LogP contribution in [0.2, 0.25) is 0 Å². The Kier molecular flexibility index (Phi) is 2.67. The summed E-state index contributed by atoms with van der Waals surface area (Å²) < 4.78 is 0. The van der Waals surface area contributed by atoms with E-state index in [4.69, 9.17) is 10.5 Å². The van der Waals surface area contributed by atoms with Gasteiger partial charge in [0.1, 0.15) is 12.1 Å². The van der Waals surface area contributed by atoms with E-state index in [2.05, 4.69) is 9.98 Å². The van der Waals surface area contributed by atoms with Crippen molar-refractivity contribution in [3.05, 3.63) is 36.0 Å². The van der Waals surface area contributed by atoms with E-state index < -0.39 is 0 Å². The number of benzene rings is 1. The fraction of sp³-hybridized carbons (Fsp3) is 0.0833. The molecule has 1 aromatic heterocycles. The molecule has 0 atom stereocenters. The van der Waals surface area contributed by atoms with Crippen molar-refractivity contribution in [1.82, 2.24) is 4.98 Å². The largest absolute Gasteiger partial charge is 0.361 e. The van der Waals surface area contributed by atoms with Crippen LogP contribution in [0.4, 0.5) is 0 Å². The maximum atomic E-state index is 8.53. The summed E-state index contributed by atoms with van der Waals surface area (Å²) in [6, 6.07) is 11.3. The molecule has 0 fully saturated rings. The molecule has 2 rings (SSSR count). The van der Waals surface area contributed by atoms with Gasteiger partial charge in [-0.1, -0.05) is 6.07 Å². The zero-order valence-corrected chi connectivity index (χ0v) is 8.44. The molecule has 2 aromatic rings. The first-order valence-corrected chi connectivity index (χ1v) is 4.74. The van der Waals surface area contributed by atoms with E-state index in [-0.39, 0.29) is 5.71 Å². The number of H-pyrrole nitrogens is 1. The minimum absolute atomic E-state index is 0.0887. The molecule has 1 N–H and O–H groups in total. The molecule has 0 aliphatic heterocycles. The van der Waals surface area contributed by atoms with Gasteiger partial charge in [0.15, 0.2) is 0 Å². The standard InChI is InChI=1S/C12H8N4/c13-6-11(7-14)16-8-9-1-2-12-10(5-9)3-4-15-12/h1-5,15H,8H2. The number of nitrogens with zero attached hydrogens (tertiary/aromatic N) is 3. The normalized spacial score (nSPS) is 9.38. The highest BCUT2D eigenvalue weighted by atomic mass is 14.7. The third kappa shape index (κ3) is 1.92. The van der Waals surface area contributed by atoms with Crippen LogP contribution in [0.3, 0.4) is 0 Å². The lowest BCUT2D eigenvalue weighted by Crippen LogP contribution is -1.90. The fourth-order valence-electron chi connectivity index (χ4n) is 1.47. The number of aromatic amines is 1. The summed E-state index contributed by atoms with van der Waals surface area (Å²) in [4.78, 5) is 7.00. The highest BCUT2D eigenvalue weighted by Gasteiger charge is 1.98. The average molecular weight is 208 g/mol. The Morgan fingerprint density at radius 3 is 2.81 bits per heavy atom. The quantitative estimate of drug-likeness (QED) is 0.767. The maximum absolute atomic E-state index is 8.53. The van der Waals surface area contributed by atoms with Crippen LogP contribution >= 0.6 is 0 Å². The molecule has 0 bridgehead atoms. The minimum Gasteiger partial charge on any atom is -0.361 e. The molecular weight excluding hydrogens is 200 g/mol. The molecule has 0 spiro atoms. The summed E-state index contributed by atoms with van der Waals surface area (Å²) in [6.07, 6.45) is 1.87. The van der Waals surface area contributed by atoms with Gasteiger partial charge in [0.2, 0.25) is 5.71 Å². The number of nitrogens with one attached hydrogen (secondary N) is 1. The SMILES string of the molecule is N#CC(C#N)=NCc1ccc2[nH]ccc2c1. The van der Waals surface area contributed by atoms with Gasteiger partial charge in [-0.15, -0.1) is 0 Å². The Morgan fingerprint density at radius 2 is 2.06 bits per heavy atom. The number of hydrogen-bond donors (Lipinski definition) is 1. The summed E-state index contributed by atoms with van der Waals surface area (Å²) in [5.74, 6) is 0. The second-order valence-electron chi connectivity index (χ2n) is 3.29. The molecule has 0 unspecified atom stereocenters. The Balaban J connectivity index is 2.26. The first kappa shape index (κ1) is 9.95. The Morgan fingerprint density at radius 1 is 1.25 bits per heavy atom. The molecule has 16 heavy (non-hydrogen) atoms. The molecular formula is C12H8N4. The summed E-state index contributed by atoms with van der Waals surface area (Å²) in [7, 11) is 0. The minimum atomic E-state index is -0.0887. The number of aliphatic imine (C=N–C) groups is 1. The van der Waals surface area contributed by atoms with Gasteiger partial charge in [-0.2, -0.15) is 10.5 Å². The van der Waals surface area contributed by atoms with Crippen molar-refractivity contribution in [3.8, 4) is 12.1 Å². The van der Waals surface area contributed by atoms with Crippen LogP contribution in [0, 0.1) is 22.7 Å². The Hall–Kier alpha value is -2.59. The second kappa shape index (κ2) is 4.29. The first-order valence-electron chi connectivity index (χ1n) is 4.74. The molecule has 76 valence electrons. The molecule has 4 nitrogen and oxygen atoms in total. The molecule has 0 aliphatic carbocycles. The number of aromatic nitrogens is 1. The molecule has 0 radical (unpaired) electrons. The van der Waals surface area contributed by atoms with Gasteiger partial charge in [-0.05, 0) is 29.1 Å². The van der Waals surface area contributed by atoms with Crippen LogP contribution in [0.1, 0.15) is 5.56 Å². The third-order valence-electron chi connectivity index (χ3n) is 2.25. The number of rotatable bonds is 2. The van der Waals surface area contributed by atoms with Crippen molar-refractivity contribution in [2.75, 3.05) is 0 Å². The zero-order chi connectivity index (χ0) is 11.4.